The third-order valence-corrected chi connectivity index (χ3v) is 2.07. The molecule has 0 N–H and O–H groups in total. The van der Waals surface area contributed by atoms with Gasteiger partial charge in [-0.05, 0) is 20.5 Å². The van der Waals surface area contributed by atoms with Gasteiger partial charge < -0.3 is 14.0 Å². The summed E-state index contributed by atoms with van der Waals surface area (Å²) in [7, 11) is -1.48. The highest BCUT2D eigenvalue weighted by atomic mass is 31.1. The topological polar surface area (TPSA) is 35.5 Å². The number of ether oxygens (including phenoxy) is 2. The summed E-state index contributed by atoms with van der Waals surface area (Å²) in [6.45, 7) is 6.74. The second kappa shape index (κ2) is 6.84. The molecule has 0 fully saturated rings. The summed E-state index contributed by atoms with van der Waals surface area (Å²) >= 11 is 0. The van der Waals surface area contributed by atoms with Gasteiger partial charge in [0.25, 0.3) is 0 Å². The lowest BCUT2D eigenvalue weighted by molar-refractivity contribution is -0.120. The first-order valence-corrected chi connectivity index (χ1v) is 6.04. The minimum Gasteiger partial charge on any atom is -0.352 e. The molecular formula is C7H17O3P. The highest BCUT2D eigenvalue weighted by Crippen LogP contribution is 2.17. The fraction of sp³-hybridized carbons (Fsp3) is 1.00. The average molecular weight is 180 g/mol. The molecule has 0 aromatic heterocycles. The first-order chi connectivity index (χ1) is 5.20. The van der Waals surface area contributed by atoms with Crippen LogP contribution in [0.25, 0.3) is 0 Å². The van der Waals surface area contributed by atoms with Gasteiger partial charge in [-0.1, -0.05) is 0 Å². The maximum atomic E-state index is 10.8. The standard InChI is InChI=1S/C7H17O3P/c1-4-9-7(10-5-2)6-11(3)8/h7,11H,4-6H2,1-3H3. The fourth-order valence-electron chi connectivity index (χ4n) is 0.772. The van der Waals surface area contributed by atoms with E-state index < -0.39 is 7.80 Å². The van der Waals surface area contributed by atoms with Gasteiger partial charge in [0.15, 0.2) is 6.29 Å². The number of hydrogen-bond donors (Lipinski definition) is 0. The van der Waals surface area contributed by atoms with E-state index in [9.17, 15) is 4.57 Å². The van der Waals surface area contributed by atoms with E-state index in [1.807, 2.05) is 13.8 Å². The van der Waals surface area contributed by atoms with E-state index in [1.54, 1.807) is 6.66 Å². The Morgan fingerprint density at radius 1 is 1.27 bits per heavy atom. The molecule has 4 heteroatoms. The van der Waals surface area contributed by atoms with Crippen LogP contribution in [0.3, 0.4) is 0 Å². The SMILES string of the molecule is CCOC(C[PH](C)=O)OCC. The summed E-state index contributed by atoms with van der Waals surface area (Å²) in [5, 5.41) is 0. The molecule has 0 spiro atoms. The molecule has 0 saturated heterocycles. The first kappa shape index (κ1) is 11.2. The molecule has 1 unspecified atom stereocenters. The van der Waals surface area contributed by atoms with E-state index in [0.29, 0.717) is 19.4 Å². The molecule has 0 aliphatic heterocycles. The zero-order valence-corrected chi connectivity index (χ0v) is 8.42. The van der Waals surface area contributed by atoms with Crippen LogP contribution >= 0.6 is 7.80 Å². The van der Waals surface area contributed by atoms with Gasteiger partial charge in [-0.3, -0.25) is 0 Å². The molecule has 0 aliphatic carbocycles. The minimum atomic E-state index is -1.48. The van der Waals surface area contributed by atoms with Crippen molar-refractivity contribution >= 4 is 7.80 Å². The number of rotatable bonds is 6. The Hall–Kier alpha value is 0.150. The van der Waals surface area contributed by atoms with Gasteiger partial charge in [-0.15, -0.1) is 0 Å². The van der Waals surface area contributed by atoms with Crippen LogP contribution in [0.2, 0.25) is 0 Å². The Labute approximate surface area is 68.9 Å². The minimum absolute atomic E-state index is 0.263. The van der Waals surface area contributed by atoms with E-state index in [2.05, 4.69) is 0 Å². The lowest BCUT2D eigenvalue weighted by Crippen LogP contribution is -2.19. The summed E-state index contributed by atoms with van der Waals surface area (Å²) in [4.78, 5) is 0. The molecule has 11 heavy (non-hydrogen) atoms. The van der Waals surface area contributed by atoms with Crippen LogP contribution in [-0.2, 0) is 14.0 Å². The molecule has 0 saturated carbocycles. The zero-order valence-electron chi connectivity index (χ0n) is 7.42. The van der Waals surface area contributed by atoms with Gasteiger partial charge in [-0.2, -0.15) is 0 Å². The van der Waals surface area contributed by atoms with Crippen LogP contribution in [0.1, 0.15) is 13.8 Å². The molecule has 0 radical (unpaired) electrons. The third kappa shape index (κ3) is 6.54. The molecule has 0 bridgehead atoms. The van der Waals surface area contributed by atoms with Crippen molar-refractivity contribution in [2.24, 2.45) is 0 Å². The molecule has 0 aromatic rings. The fourth-order valence-corrected chi connectivity index (χ4v) is 1.48. The van der Waals surface area contributed by atoms with E-state index in [4.69, 9.17) is 9.47 Å². The highest BCUT2D eigenvalue weighted by Gasteiger charge is 2.08. The van der Waals surface area contributed by atoms with Crippen molar-refractivity contribution < 1.29 is 14.0 Å². The average Bonchev–Trinajstić information content (AvgIpc) is 1.87. The van der Waals surface area contributed by atoms with E-state index in [1.165, 1.54) is 0 Å². The van der Waals surface area contributed by atoms with Crippen molar-refractivity contribution in [1.82, 2.24) is 0 Å². The van der Waals surface area contributed by atoms with Gasteiger partial charge in [-0.25, -0.2) is 0 Å². The van der Waals surface area contributed by atoms with Crippen LogP contribution < -0.4 is 0 Å². The van der Waals surface area contributed by atoms with Crippen LogP contribution in [0.4, 0.5) is 0 Å². The predicted molar refractivity (Wildman–Crippen MR) is 46.8 cm³/mol. The van der Waals surface area contributed by atoms with Crippen molar-refractivity contribution in [2.45, 2.75) is 20.1 Å². The Morgan fingerprint density at radius 3 is 2.00 bits per heavy atom. The van der Waals surface area contributed by atoms with Gasteiger partial charge in [0.1, 0.15) is 0 Å². The molecule has 0 heterocycles. The first-order valence-electron chi connectivity index (χ1n) is 3.93. The maximum absolute atomic E-state index is 10.8. The van der Waals surface area contributed by atoms with Gasteiger partial charge >= 0.3 is 0 Å². The molecule has 3 nitrogen and oxygen atoms in total. The van der Waals surface area contributed by atoms with E-state index >= 15 is 0 Å². The van der Waals surface area contributed by atoms with Gasteiger partial charge in [0.2, 0.25) is 0 Å². The second-order valence-electron chi connectivity index (χ2n) is 2.25. The lowest BCUT2D eigenvalue weighted by atomic mass is 10.7. The normalized spacial score (nSPS) is 13.8. The lowest BCUT2D eigenvalue weighted by Gasteiger charge is -2.14. The second-order valence-corrected chi connectivity index (χ2v) is 4.06. The summed E-state index contributed by atoms with van der Waals surface area (Å²) in [6, 6.07) is 0. The van der Waals surface area contributed by atoms with Crippen molar-refractivity contribution in [3.05, 3.63) is 0 Å². The summed E-state index contributed by atoms with van der Waals surface area (Å²) in [6.07, 6.45) is 0.271. The number of hydrogen-bond acceptors (Lipinski definition) is 3. The van der Waals surface area contributed by atoms with E-state index in [-0.39, 0.29) is 6.29 Å². The molecule has 0 aromatic carbocycles. The quantitative estimate of drug-likeness (QED) is 0.459. The Bertz CT molecular complexity index is 110. The maximum Gasteiger partial charge on any atom is 0.164 e. The highest BCUT2D eigenvalue weighted by molar-refractivity contribution is 7.43. The van der Waals surface area contributed by atoms with Crippen molar-refractivity contribution in [3.8, 4) is 0 Å². The summed E-state index contributed by atoms with van der Waals surface area (Å²) in [5.41, 5.74) is 0. The molecule has 0 aliphatic rings. The van der Waals surface area contributed by atoms with Crippen LogP contribution in [0.15, 0.2) is 0 Å². The Morgan fingerprint density at radius 2 is 1.73 bits per heavy atom. The van der Waals surface area contributed by atoms with Crippen LogP contribution in [-0.4, -0.2) is 32.3 Å². The van der Waals surface area contributed by atoms with Crippen molar-refractivity contribution in [3.63, 3.8) is 0 Å². The molecule has 0 amide bonds. The Balaban J connectivity index is 3.59. The van der Waals surface area contributed by atoms with Crippen molar-refractivity contribution in [1.29, 1.82) is 0 Å². The molecule has 68 valence electrons. The van der Waals surface area contributed by atoms with Crippen LogP contribution in [0, 0.1) is 0 Å². The molecular weight excluding hydrogens is 163 g/mol. The molecule has 1 atom stereocenters. The Kier molecular flexibility index (Phi) is 6.93. The predicted octanol–water partition coefficient (Wildman–Crippen LogP) is 1.57. The van der Waals surface area contributed by atoms with Gasteiger partial charge in [0.05, 0.1) is 7.80 Å². The largest absolute Gasteiger partial charge is 0.352 e. The third-order valence-electron chi connectivity index (χ3n) is 1.16. The van der Waals surface area contributed by atoms with Crippen LogP contribution in [0.5, 0.6) is 0 Å². The molecule has 0 rings (SSSR count). The monoisotopic (exact) mass is 180 g/mol. The summed E-state index contributed by atoms with van der Waals surface area (Å²) in [5.74, 6) is 0. The summed E-state index contributed by atoms with van der Waals surface area (Å²) < 4.78 is 21.2. The van der Waals surface area contributed by atoms with E-state index in [0.717, 1.165) is 0 Å². The van der Waals surface area contributed by atoms with Crippen molar-refractivity contribution in [2.75, 3.05) is 26.0 Å². The smallest absolute Gasteiger partial charge is 0.164 e. The zero-order chi connectivity index (χ0) is 8.69. The van der Waals surface area contributed by atoms with Gasteiger partial charge in [0, 0.05) is 19.4 Å².